The van der Waals surface area contributed by atoms with E-state index in [9.17, 15) is 5.11 Å². The fourth-order valence-electron chi connectivity index (χ4n) is 4.11. The molecule has 0 unspecified atom stereocenters. The second-order valence-corrected chi connectivity index (χ2v) is 8.41. The van der Waals surface area contributed by atoms with Crippen molar-refractivity contribution >= 4 is 44.8 Å². The van der Waals surface area contributed by atoms with Gasteiger partial charge in [-0.05, 0) is 48.5 Å². The summed E-state index contributed by atoms with van der Waals surface area (Å²) in [4.78, 5) is 7.04. The van der Waals surface area contributed by atoms with Gasteiger partial charge in [0.1, 0.15) is 11.0 Å². The Morgan fingerprint density at radius 3 is 2.06 bits per heavy atom. The topological polar surface area (TPSA) is 64.3 Å². The van der Waals surface area contributed by atoms with Crippen LogP contribution >= 0.6 is 0 Å². The first-order valence-electron chi connectivity index (χ1n) is 11.4. The molecule has 0 fully saturated rings. The number of aromatic nitrogens is 2. The van der Waals surface area contributed by atoms with E-state index in [1.54, 1.807) is 0 Å². The Bertz CT molecular complexity index is 1430. The molecule has 1 heterocycles. The number of aliphatic hydroxyl groups excluding tert-OH is 1. The number of benzene rings is 4. The molecule has 0 radical (unpaired) electrons. The van der Waals surface area contributed by atoms with Crippen molar-refractivity contribution in [2.45, 2.75) is 0 Å². The maximum Gasteiger partial charge on any atom is 0.239 e. The molecule has 0 aliphatic heterocycles. The maximum atomic E-state index is 9.25. The predicted octanol–water partition coefficient (Wildman–Crippen LogP) is 4.88. The van der Waals surface area contributed by atoms with Crippen LogP contribution in [0.3, 0.4) is 0 Å². The van der Waals surface area contributed by atoms with Gasteiger partial charge in [-0.2, -0.15) is 0 Å². The van der Waals surface area contributed by atoms with Crippen molar-refractivity contribution in [3.8, 4) is 5.69 Å². The summed E-state index contributed by atoms with van der Waals surface area (Å²) in [5.74, 6) is 0. The molecule has 5 rings (SSSR count). The molecule has 1 aromatic heterocycles. The minimum Gasteiger partial charge on any atom is -0.395 e. The highest BCUT2D eigenvalue weighted by Crippen LogP contribution is 2.25. The number of para-hydroxylation sites is 1. The van der Waals surface area contributed by atoms with Crippen LogP contribution in [0.1, 0.15) is 0 Å². The van der Waals surface area contributed by atoms with E-state index in [1.165, 1.54) is 0 Å². The standard InChI is InChI=1S/C28H27N5O/c1-32(2)23-10-12-24(13-11-23)33-27-18-21(29-16-17-34)8-14-25(27)31-26-15-9-22(19-28(26)33)30-20-6-4-3-5-7-20/h3-15,18-19,34H,16-17H2,1-2H3,(H,29,30)/p+1. The lowest BCUT2D eigenvalue weighted by Crippen LogP contribution is -2.33. The molecule has 6 nitrogen and oxygen atoms in total. The number of fused-ring (bicyclic) bond motifs is 2. The molecule has 0 amide bonds. The summed E-state index contributed by atoms with van der Waals surface area (Å²) in [5.41, 5.74) is 8.99. The average molecular weight is 451 g/mol. The number of rotatable bonds is 7. The molecule has 34 heavy (non-hydrogen) atoms. The van der Waals surface area contributed by atoms with Gasteiger partial charge in [-0.15, -0.1) is 4.57 Å². The molecule has 0 aliphatic rings. The Hall–Kier alpha value is -4.16. The van der Waals surface area contributed by atoms with Gasteiger partial charge in [-0.25, -0.2) is 4.98 Å². The Labute approximate surface area is 199 Å². The highest BCUT2D eigenvalue weighted by Gasteiger charge is 2.21. The predicted molar refractivity (Wildman–Crippen MR) is 140 cm³/mol. The average Bonchev–Trinajstić information content (AvgIpc) is 2.87. The van der Waals surface area contributed by atoms with Gasteiger partial charge in [0.15, 0.2) is 0 Å². The molecule has 3 N–H and O–H groups in total. The van der Waals surface area contributed by atoms with E-state index in [-0.39, 0.29) is 6.61 Å². The lowest BCUT2D eigenvalue weighted by molar-refractivity contribution is -0.538. The van der Waals surface area contributed by atoms with Crippen molar-refractivity contribution < 1.29 is 9.67 Å². The highest BCUT2D eigenvalue weighted by atomic mass is 16.3. The van der Waals surface area contributed by atoms with Crippen LogP contribution in [0.5, 0.6) is 0 Å². The summed E-state index contributed by atoms with van der Waals surface area (Å²) in [6, 6.07) is 31.1. The molecule has 5 aromatic rings. The molecule has 0 saturated carbocycles. The van der Waals surface area contributed by atoms with Crippen LogP contribution in [0.25, 0.3) is 27.8 Å². The quantitative estimate of drug-likeness (QED) is 0.244. The Morgan fingerprint density at radius 1 is 0.765 bits per heavy atom. The SMILES string of the molecule is CN(C)c1ccc(-[n+]2c3cc(NCCO)ccc3nc3ccc(Nc4ccccc4)cc32)cc1. The lowest BCUT2D eigenvalue weighted by Gasteiger charge is -2.13. The van der Waals surface area contributed by atoms with Crippen molar-refractivity contribution in [2.75, 3.05) is 42.8 Å². The third-order valence-electron chi connectivity index (χ3n) is 5.80. The zero-order chi connectivity index (χ0) is 23.5. The summed E-state index contributed by atoms with van der Waals surface area (Å²) in [6.45, 7) is 0.573. The fourth-order valence-corrected chi connectivity index (χ4v) is 4.11. The van der Waals surface area contributed by atoms with Gasteiger partial charge in [0, 0.05) is 67.7 Å². The van der Waals surface area contributed by atoms with Crippen LogP contribution in [0.4, 0.5) is 22.7 Å². The highest BCUT2D eigenvalue weighted by molar-refractivity contribution is 5.86. The summed E-state index contributed by atoms with van der Waals surface area (Å²) >= 11 is 0. The number of hydrogen-bond donors (Lipinski definition) is 3. The van der Waals surface area contributed by atoms with Crippen LogP contribution in [-0.4, -0.2) is 37.3 Å². The minimum absolute atomic E-state index is 0.0779. The molecule has 0 bridgehead atoms. The monoisotopic (exact) mass is 450 g/mol. The number of anilines is 4. The number of hydrogen-bond acceptors (Lipinski definition) is 5. The Kier molecular flexibility index (Phi) is 5.97. The van der Waals surface area contributed by atoms with Crippen molar-refractivity contribution in [3.63, 3.8) is 0 Å². The fraction of sp³-hybridized carbons (Fsp3) is 0.143. The number of nitrogens with zero attached hydrogens (tertiary/aromatic N) is 3. The van der Waals surface area contributed by atoms with E-state index in [2.05, 4.69) is 80.8 Å². The van der Waals surface area contributed by atoms with E-state index in [1.807, 2.05) is 44.4 Å². The van der Waals surface area contributed by atoms with E-state index in [0.29, 0.717) is 6.54 Å². The molecule has 6 heteroatoms. The molecule has 0 saturated heterocycles. The van der Waals surface area contributed by atoms with Gasteiger partial charge in [0.05, 0.1) is 6.61 Å². The van der Waals surface area contributed by atoms with Crippen molar-refractivity contribution in [3.05, 3.63) is 91.0 Å². The van der Waals surface area contributed by atoms with Gasteiger partial charge >= 0.3 is 0 Å². The summed E-state index contributed by atoms with van der Waals surface area (Å²) in [5, 5.41) is 16.0. The molecule has 0 atom stereocenters. The van der Waals surface area contributed by atoms with Crippen LogP contribution in [0.2, 0.25) is 0 Å². The van der Waals surface area contributed by atoms with Crippen LogP contribution in [-0.2, 0) is 0 Å². The van der Waals surface area contributed by atoms with Crippen molar-refractivity contribution in [1.82, 2.24) is 4.98 Å². The first kappa shape index (κ1) is 21.7. The summed E-state index contributed by atoms with van der Waals surface area (Å²) < 4.78 is 2.25. The van der Waals surface area contributed by atoms with Crippen LogP contribution in [0.15, 0.2) is 91.0 Å². The zero-order valence-corrected chi connectivity index (χ0v) is 19.4. The van der Waals surface area contributed by atoms with Crippen molar-refractivity contribution in [2.24, 2.45) is 0 Å². The smallest absolute Gasteiger partial charge is 0.239 e. The van der Waals surface area contributed by atoms with Crippen LogP contribution in [0, 0.1) is 0 Å². The van der Waals surface area contributed by atoms with Crippen molar-refractivity contribution in [1.29, 1.82) is 0 Å². The van der Waals surface area contributed by atoms with E-state index in [4.69, 9.17) is 4.98 Å². The van der Waals surface area contributed by atoms with Crippen LogP contribution < -0.4 is 20.1 Å². The van der Waals surface area contributed by atoms with E-state index >= 15 is 0 Å². The Balaban J connectivity index is 1.72. The summed E-state index contributed by atoms with van der Waals surface area (Å²) in [7, 11) is 4.08. The molecular weight excluding hydrogens is 422 g/mol. The second-order valence-electron chi connectivity index (χ2n) is 8.41. The first-order valence-corrected chi connectivity index (χ1v) is 11.4. The minimum atomic E-state index is 0.0779. The van der Waals surface area contributed by atoms with E-state index < -0.39 is 0 Å². The third kappa shape index (κ3) is 4.36. The first-order chi connectivity index (χ1) is 16.6. The zero-order valence-electron chi connectivity index (χ0n) is 19.4. The Morgan fingerprint density at radius 2 is 1.41 bits per heavy atom. The maximum absolute atomic E-state index is 9.25. The van der Waals surface area contributed by atoms with Gasteiger partial charge in [-0.3, -0.25) is 0 Å². The van der Waals surface area contributed by atoms with Gasteiger partial charge in [-0.1, -0.05) is 18.2 Å². The van der Waals surface area contributed by atoms with Gasteiger partial charge < -0.3 is 20.6 Å². The molecule has 0 spiro atoms. The lowest BCUT2D eigenvalue weighted by atomic mass is 10.1. The molecule has 0 aliphatic carbocycles. The largest absolute Gasteiger partial charge is 0.395 e. The van der Waals surface area contributed by atoms with E-state index in [0.717, 1.165) is 50.5 Å². The normalized spacial score (nSPS) is 11.0. The molecule has 4 aromatic carbocycles. The van der Waals surface area contributed by atoms with Gasteiger partial charge in [0.25, 0.3) is 0 Å². The molecule has 170 valence electrons. The third-order valence-corrected chi connectivity index (χ3v) is 5.80. The number of nitrogens with one attached hydrogen (secondary N) is 2. The van der Waals surface area contributed by atoms with Gasteiger partial charge in [0.2, 0.25) is 16.7 Å². The molecular formula is C28H28N5O+. The summed E-state index contributed by atoms with van der Waals surface area (Å²) in [6.07, 6.45) is 0. The number of aliphatic hydroxyl groups is 1. The second kappa shape index (κ2) is 9.37.